The smallest absolute Gasteiger partial charge is 0.231 e. The number of likely N-dealkylation sites (tertiary alicyclic amines) is 1. The van der Waals surface area contributed by atoms with Gasteiger partial charge in [0.05, 0.1) is 18.3 Å². The van der Waals surface area contributed by atoms with E-state index in [0.29, 0.717) is 43.9 Å². The number of hydrogen-bond donors (Lipinski definition) is 2. The number of fused-ring (bicyclic) bond motifs is 1. The minimum atomic E-state index is -3.36. The lowest BCUT2D eigenvalue weighted by molar-refractivity contribution is -0.130. The third-order valence-corrected chi connectivity index (χ3v) is 5.39. The Morgan fingerprint density at radius 3 is 2.81 bits per heavy atom. The fourth-order valence-corrected chi connectivity index (χ4v) is 3.74. The molecule has 1 amide bonds. The molecule has 1 aromatic rings. The Kier molecular flexibility index (Phi) is 5.40. The highest BCUT2D eigenvalue weighted by Crippen LogP contribution is 2.32. The molecular formula is C17H24N2O6S. The average molecular weight is 384 g/mol. The highest BCUT2D eigenvalue weighted by atomic mass is 32.2. The summed E-state index contributed by atoms with van der Waals surface area (Å²) in [6, 6.07) is 5.45. The zero-order valence-electron chi connectivity index (χ0n) is 14.7. The van der Waals surface area contributed by atoms with Crippen LogP contribution in [0.1, 0.15) is 24.8 Å². The van der Waals surface area contributed by atoms with Gasteiger partial charge in [0, 0.05) is 19.6 Å². The van der Waals surface area contributed by atoms with Gasteiger partial charge >= 0.3 is 0 Å². The average Bonchev–Trinajstić information content (AvgIpc) is 2.94. The number of rotatable bonds is 5. The zero-order valence-corrected chi connectivity index (χ0v) is 15.5. The van der Waals surface area contributed by atoms with Crippen LogP contribution in [0.3, 0.4) is 0 Å². The lowest BCUT2D eigenvalue weighted by atomic mass is 9.95. The van der Waals surface area contributed by atoms with Gasteiger partial charge in [0.25, 0.3) is 0 Å². The largest absolute Gasteiger partial charge is 0.454 e. The van der Waals surface area contributed by atoms with Crippen LogP contribution in [0.5, 0.6) is 11.5 Å². The van der Waals surface area contributed by atoms with Crippen LogP contribution in [0.2, 0.25) is 0 Å². The quantitative estimate of drug-likeness (QED) is 0.754. The second-order valence-corrected chi connectivity index (χ2v) is 8.75. The van der Waals surface area contributed by atoms with Gasteiger partial charge in [-0.2, -0.15) is 0 Å². The molecule has 0 saturated carbocycles. The van der Waals surface area contributed by atoms with E-state index in [1.54, 1.807) is 11.0 Å². The lowest BCUT2D eigenvalue weighted by Gasteiger charge is -2.27. The van der Waals surface area contributed by atoms with Crippen LogP contribution in [0.4, 0.5) is 0 Å². The van der Waals surface area contributed by atoms with Crippen LogP contribution in [0.25, 0.3) is 0 Å². The van der Waals surface area contributed by atoms with Crippen molar-refractivity contribution in [2.45, 2.75) is 31.3 Å². The molecule has 1 fully saturated rings. The van der Waals surface area contributed by atoms with E-state index in [1.807, 2.05) is 12.1 Å². The van der Waals surface area contributed by atoms with Gasteiger partial charge in [-0.3, -0.25) is 4.79 Å². The number of nitrogens with zero attached hydrogens (tertiary/aromatic N) is 1. The fourth-order valence-electron chi connectivity index (χ4n) is 3.21. The molecule has 0 radical (unpaired) electrons. The van der Waals surface area contributed by atoms with Crippen molar-refractivity contribution in [3.8, 4) is 11.5 Å². The maximum absolute atomic E-state index is 12.6. The van der Waals surface area contributed by atoms with Gasteiger partial charge in [0.15, 0.2) is 11.5 Å². The standard InChI is InChI=1S/C17H24N2O6S/c1-26(22,23)18-11-17(21)5-2-7-19(8-6-17)16(20)10-13-3-4-14-15(9-13)25-12-24-14/h3-4,9,18,21H,2,5-8,10-12H2,1H3. The van der Waals surface area contributed by atoms with Crippen molar-refractivity contribution in [3.05, 3.63) is 23.8 Å². The molecule has 144 valence electrons. The summed E-state index contributed by atoms with van der Waals surface area (Å²) < 4.78 is 35.5. The summed E-state index contributed by atoms with van der Waals surface area (Å²) in [5, 5.41) is 10.6. The van der Waals surface area contributed by atoms with E-state index in [4.69, 9.17) is 9.47 Å². The number of amides is 1. The lowest BCUT2D eigenvalue weighted by Crippen LogP contribution is -2.43. The van der Waals surface area contributed by atoms with Gasteiger partial charge < -0.3 is 19.5 Å². The summed E-state index contributed by atoms with van der Waals surface area (Å²) in [7, 11) is -3.36. The first-order valence-corrected chi connectivity index (χ1v) is 10.5. The van der Waals surface area contributed by atoms with Crippen molar-refractivity contribution < 1.29 is 27.8 Å². The molecule has 0 spiro atoms. The molecule has 1 saturated heterocycles. The summed E-state index contributed by atoms with van der Waals surface area (Å²) in [5.41, 5.74) is -0.283. The molecule has 9 heteroatoms. The van der Waals surface area contributed by atoms with E-state index in [9.17, 15) is 18.3 Å². The Bertz CT molecular complexity index is 781. The molecule has 1 aromatic carbocycles. The Hall–Kier alpha value is -1.84. The number of nitrogens with one attached hydrogen (secondary N) is 1. The van der Waals surface area contributed by atoms with Gasteiger partial charge in [-0.1, -0.05) is 6.07 Å². The Labute approximate surface area is 153 Å². The molecule has 1 atom stereocenters. The third-order valence-electron chi connectivity index (χ3n) is 4.73. The zero-order chi connectivity index (χ0) is 18.8. The molecule has 1 unspecified atom stereocenters. The molecule has 0 aliphatic carbocycles. The van der Waals surface area contributed by atoms with Crippen molar-refractivity contribution in [2.75, 3.05) is 32.7 Å². The number of ether oxygens (including phenoxy) is 2. The van der Waals surface area contributed by atoms with Gasteiger partial charge in [-0.25, -0.2) is 13.1 Å². The number of hydrogen-bond acceptors (Lipinski definition) is 6. The SMILES string of the molecule is CS(=O)(=O)NCC1(O)CCCN(C(=O)Cc2ccc3c(c2)OCO3)CC1. The molecule has 0 aromatic heterocycles. The number of carbonyl (C=O) groups is 1. The van der Waals surface area contributed by atoms with E-state index in [-0.39, 0.29) is 25.7 Å². The minimum Gasteiger partial charge on any atom is -0.454 e. The minimum absolute atomic E-state index is 0.0239. The fraction of sp³-hybridized carbons (Fsp3) is 0.588. The number of sulfonamides is 1. The highest BCUT2D eigenvalue weighted by Gasteiger charge is 2.32. The van der Waals surface area contributed by atoms with Crippen LogP contribution < -0.4 is 14.2 Å². The summed E-state index contributed by atoms with van der Waals surface area (Å²) >= 11 is 0. The van der Waals surface area contributed by atoms with Crippen LogP contribution in [0, 0.1) is 0 Å². The number of carbonyl (C=O) groups excluding carboxylic acids is 1. The number of benzene rings is 1. The first kappa shape index (κ1) is 18.9. The van der Waals surface area contributed by atoms with E-state index in [2.05, 4.69) is 4.72 Å². The van der Waals surface area contributed by atoms with Crippen molar-refractivity contribution in [3.63, 3.8) is 0 Å². The Balaban J connectivity index is 1.57. The number of aliphatic hydroxyl groups is 1. The Morgan fingerprint density at radius 2 is 2.04 bits per heavy atom. The molecule has 2 aliphatic heterocycles. The van der Waals surface area contributed by atoms with E-state index < -0.39 is 15.6 Å². The topological polar surface area (TPSA) is 105 Å². The molecule has 0 bridgehead atoms. The van der Waals surface area contributed by atoms with Crippen LogP contribution in [0.15, 0.2) is 18.2 Å². The summed E-state index contributed by atoms with van der Waals surface area (Å²) in [4.78, 5) is 14.3. The summed E-state index contributed by atoms with van der Waals surface area (Å²) in [5.74, 6) is 1.30. The van der Waals surface area contributed by atoms with Crippen molar-refractivity contribution >= 4 is 15.9 Å². The normalized spacial score (nSPS) is 22.9. The van der Waals surface area contributed by atoms with Gasteiger partial charge in [-0.15, -0.1) is 0 Å². The van der Waals surface area contributed by atoms with Crippen LogP contribution in [-0.2, 0) is 21.2 Å². The van der Waals surface area contributed by atoms with Crippen molar-refractivity contribution in [1.29, 1.82) is 0 Å². The molecule has 3 rings (SSSR count). The second kappa shape index (κ2) is 7.42. The van der Waals surface area contributed by atoms with E-state index in [1.165, 1.54) is 0 Å². The molecule has 26 heavy (non-hydrogen) atoms. The first-order chi connectivity index (χ1) is 12.2. The van der Waals surface area contributed by atoms with Crippen molar-refractivity contribution in [1.82, 2.24) is 9.62 Å². The van der Waals surface area contributed by atoms with Gasteiger partial charge in [-0.05, 0) is 37.0 Å². The molecule has 2 heterocycles. The van der Waals surface area contributed by atoms with Crippen molar-refractivity contribution in [2.24, 2.45) is 0 Å². The molecule has 2 N–H and O–H groups in total. The predicted molar refractivity (Wildman–Crippen MR) is 94.5 cm³/mol. The van der Waals surface area contributed by atoms with E-state index >= 15 is 0 Å². The molecule has 8 nitrogen and oxygen atoms in total. The summed E-state index contributed by atoms with van der Waals surface area (Å²) in [6.45, 7) is 1.10. The maximum Gasteiger partial charge on any atom is 0.231 e. The highest BCUT2D eigenvalue weighted by molar-refractivity contribution is 7.88. The predicted octanol–water partition coefficient (Wildman–Crippen LogP) is 0.251. The monoisotopic (exact) mass is 384 g/mol. The molecular weight excluding hydrogens is 360 g/mol. The van der Waals surface area contributed by atoms with Crippen LogP contribution in [-0.4, -0.2) is 62.6 Å². The van der Waals surface area contributed by atoms with Crippen LogP contribution >= 0.6 is 0 Å². The molecule has 2 aliphatic rings. The second-order valence-electron chi connectivity index (χ2n) is 6.92. The van der Waals surface area contributed by atoms with E-state index in [0.717, 1.165) is 11.8 Å². The Morgan fingerprint density at radius 1 is 1.27 bits per heavy atom. The maximum atomic E-state index is 12.6. The van der Waals surface area contributed by atoms with Gasteiger partial charge in [0.1, 0.15) is 0 Å². The third kappa shape index (κ3) is 4.87. The van der Waals surface area contributed by atoms with Gasteiger partial charge in [0.2, 0.25) is 22.7 Å². The first-order valence-electron chi connectivity index (χ1n) is 8.57. The summed E-state index contributed by atoms with van der Waals surface area (Å²) in [6.07, 6.45) is 2.71.